The van der Waals surface area contributed by atoms with E-state index in [0.717, 1.165) is 0 Å². The SMILES string of the molecule is O=C(O)C(SCCO)C(=O)C(F)(F)F. The summed E-state index contributed by atoms with van der Waals surface area (Å²) in [6.45, 7) is -0.487. The molecular formula is C6H7F3O4S. The molecule has 0 aromatic carbocycles. The van der Waals surface area contributed by atoms with Crippen molar-refractivity contribution < 1.29 is 33.0 Å². The maximum atomic E-state index is 11.8. The molecule has 0 aliphatic carbocycles. The van der Waals surface area contributed by atoms with Crippen molar-refractivity contribution in [1.82, 2.24) is 0 Å². The Morgan fingerprint density at radius 3 is 2.14 bits per heavy atom. The fourth-order valence-corrected chi connectivity index (χ4v) is 1.35. The maximum absolute atomic E-state index is 11.8. The van der Waals surface area contributed by atoms with Crippen LogP contribution in [0.3, 0.4) is 0 Å². The average Bonchev–Trinajstić information content (AvgIpc) is 2.02. The Labute approximate surface area is 81.1 Å². The van der Waals surface area contributed by atoms with E-state index in [1.165, 1.54) is 0 Å². The number of carbonyl (C=O) groups is 2. The number of halogens is 3. The first-order valence-corrected chi connectivity index (χ1v) is 4.42. The summed E-state index contributed by atoms with van der Waals surface area (Å²) in [5.41, 5.74) is 0. The zero-order valence-electron chi connectivity index (χ0n) is 6.74. The molecule has 2 N–H and O–H groups in total. The van der Waals surface area contributed by atoms with Gasteiger partial charge in [0.05, 0.1) is 6.61 Å². The molecule has 0 rings (SSSR count). The van der Waals surface area contributed by atoms with E-state index in [1.54, 1.807) is 0 Å². The van der Waals surface area contributed by atoms with Gasteiger partial charge in [-0.05, 0) is 0 Å². The largest absolute Gasteiger partial charge is 0.480 e. The second kappa shape index (κ2) is 5.20. The molecule has 1 atom stereocenters. The standard InChI is InChI=1S/C6H7F3O4S/c7-6(8,9)4(11)3(5(12)13)14-2-1-10/h3,10H,1-2H2,(H,12,13). The van der Waals surface area contributed by atoms with Crippen LogP contribution in [0.15, 0.2) is 0 Å². The van der Waals surface area contributed by atoms with Gasteiger partial charge in [-0.3, -0.25) is 9.59 Å². The van der Waals surface area contributed by atoms with E-state index >= 15 is 0 Å². The first kappa shape index (κ1) is 13.2. The lowest BCUT2D eigenvalue weighted by Gasteiger charge is -2.11. The molecule has 0 amide bonds. The van der Waals surface area contributed by atoms with E-state index < -0.39 is 29.8 Å². The molecule has 0 heterocycles. The Balaban J connectivity index is 4.50. The van der Waals surface area contributed by atoms with Crippen LogP contribution in [0.25, 0.3) is 0 Å². The quantitative estimate of drug-likeness (QED) is 0.667. The minimum atomic E-state index is -5.16. The number of aliphatic hydroxyl groups is 1. The smallest absolute Gasteiger partial charge is 0.451 e. The molecule has 0 radical (unpaired) electrons. The molecule has 4 nitrogen and oxygen atoms in total. The molecule has 0 spiro atoms. The highest BCUT2D eigenvalue weighted by molar-refractivity contribution is 8.01. The Morgan fingerprint density at radius 1 is 1.36 bits per heavy atom. The molecule has 0 saturated carbocycles. The minimum absolute atomic E-state index is 0.237. The van der Waals surface area contributed by atoms with Crippen LogP contribution < -0.4 is 0 Å². The van der Waals surface area contributed by atoms with Crippen molar-refractivity contribution in [3.8, 4) is 0 Å². The van der Waals surface area contributed by atoms with E-state index in [1.807, 2.05) is 0 Å². The van der Waals surface area contributed by atoms with Crippen LogP contribution in [0, 0.1) is 0 Å². The Hall–Kier alpha value is -0.760. The van der Waals surface area contributed by atoms with Crippen LogP contribution >= 0.6 is 11.8 Å². The Kier molecular flexibility index (Phi) is 4.92. The second-order valence-corrected chi connectivity index (χ2v) is 3.39. The number of carboxylic acids is 1. The summed E-state index contributed by atoms with van der Waals surface area (Å²) in [6.07, 6.45) is -5.16. The molecule has 82 valence electrons. The number of rotatable bonds is 5. The lowest BCUT2D eigenvalue weighted by molar-refractivity contribution is -0.172. The van der Waals surface area contributed by atoms with Crippen LogP contribution in [0.5, 0.6) is 0 Å². The van der Waals surface area contributed by atoms with E-state index in [0.29, 0.717) is 0 Å². The Morgan fingerprint density at radius 2 is 1.86 bits per heavy atom. The summed E-state index contributed by atoms with van der Waals surface area (Å²) < 4.78 is 35.4. The molecule has 0 aliphatic heterocycles. The summed E-state index contributed by atoms with van der Waals surface area (Å²) >= 11 is 0.246. The molecule has 0 aliphatic rings. The van der Waals surface area contributed by atoms with Gasteiger partial charge in [0.2, 0.25) is 0 Å². The topological polar surface area (TPSA) is 74.6 Å². The molecule has 14 heavy (non-hydrogen) atoms. The maximum Gasteiger partial charge on any atom is 0.451 e. The first-order chi connectivity index (χ1) is 6.30. The van der Waals surface area contributed by atoms with Gasteiger partial charge in [-0.2, -0.15) is 13.2 Å². The monoisotopic (exact) mass is 232 g/mol. The molecule has 8 heteroatoms. The second-order valence-electron chi connectivity index (χ2n) is 2.17. The summed E-state index contributed by atoms with van der Waals surface area (Å²) in [4.78, 5) is 20.8. The van der Waals surface area contributed by atoms with Gasteiger partial charge >= 0.3 is 12.1 Å². The van der Waals surface area contributed by atoms with Crippen molar-refractivity contribution >= 4 is 23.5 Å². The van der Waals surface area contributed by atoms with Gasteiger partial charge in [-0.15, -0.1) is 11.8 Å². The number of thioether (sulfide) groups is 1. The van der Waals surface area contributed by atoms with Crippen molar-refractivity contribution in [3.05, 3.63) is 0 Å². The van der Waals surface area contributed by atoms with Crippen molar-refractivity contribution in [2.24, 2.45) is 0 Å². The van der Waals surface area contributed by atoms with Gasteiger partial charge in [-0.25, -0.2) is 0 Å². The third kappa shape index (κ3) is 3.97. The third-order valence-corrected chi connectivity index (χ3v) is 2.28. The van der Waals surface area contributed by atoms with Gasteiger partial charge < -0.3 is 10.2 Å². The third-order valence-electron chi connectivity index (χ3n) is 1.12. The molecular weight excluding hydrogens is 225 g/mol. The van der Waals surface area contributed by atoms with Gasteiger partial charge in [0, 0.05) is 5.75 Å². The van der Waals surface area contributed by atoms with E-state index in [4.69, 9.17) is 10.2 Å². The highest BCUT2D eigenvalue weighted by Crippen LogP contribution is 2.24. The van der Waals surface area contributed by atoms with Gasteiger partial charge in [0.25, 0.3) is 5.78 Å². The Bertz CT molecular complexity index is 228. The van der Waals surface area contributed by atoms with Crippen molar-refractivity contribution in [1.29, 1.82) is 0 Å². The number of alkyl halides is 3. The van der Waals surface area contributed by atoms with E-state index in [9.17, 15) is 22.8 Å². The zero-order valence-corrected chi connectivity index (χ0v) is 7.56. The van der Waals surface area contributed by atoms with Crippen molar-refractivity contribution in [2.75, 3.05) is 12.4 Å². The average molecular weight is 232 g/mol. The van der Waals surface area contributed by atoms with Crippen LogP contribution in [0.1, 0.15) is 0 Å². The van der Waals surface area contributed by atoms with Crippen LogP contribution in [-0.4, -0.2) is 45.8 Å². The van der Waals surface area contributed by atoms with E-state index in [-0.39, 0.29) is 17.5 Å². The minimum Gasteiger partial charge on any atom is -0.480 e. The normalized spacial score (nSPS) is 13.7. The van der Waals surface area contributed by atoms with Gasteiger partial charge in [0.1, 0.15) is 0 Å². The zero-order chi connectivity index (χ0) is 11.4. The number of carboxylic acid groups (broad SMARTS) is 1. The number of hydrogen-bond donors (Lipinski definition) is 2. The number of aliphatic carboxylic acids is 1. The fraction of sp³-hybridized carbons (Fsp3) is 0.667. The summed E-state index contributed by atoms with van der Waals surface area (Å²) in [6, 6.07) is 0. The van der Waals surface area contributed by atoms with Crippen molar-refractivity contribution in [2.45, 2.75) is 11.4 Å². The van der Waals surface area contributed by atoms with Crippen LogP contribution in [-0.2, 0) is 9.59 Å². The molecule has 0 bridgehead atoms. The molecule has 0 fully saturated rings. The van der Waals surface area contributed by atoms with Gasteiger partial charge in [0.15, 0.2) is 5.25 Å². The molecule has 0 saturated heterocycles. The number of Topliss-reactive ketones (excluding diaryl/α,β-unsaturated/α-hetero) is 1. The lowest BCUT2D eigenvalue weighted by Crippen LogP contribution is -2.38. The summed E-state index contributed by atoms with van der Waals surface area (Å²) in [5.74, 6) is -4.41. The van der Waals surface area contributed by atoms with Crippen LogP contribution in [0.4, 0.5) is 13.2 Å². The molecule has 0 aromatic rings. The lowest BCUT2D eigenvalue weighted by atomic mass is 10.3. The predicted octanol–water partition coefficient (Wildman–Crippen LogP) is 0.297. The van der Waals surface area contributed by atoms with Crippen LogP contribution in [0.2, 0.25) is 0 Å². The summed E-state index contributed by atoms with van der Waals surface area (Å²) in [7, 11) is 0. The summed E-state index contributed by atoms with van der Waals surface area (Å²) in [5, 5.41) is 14.4. The molecule has 1 unspecified atom stereocenters. The van der Waals surface area contributed by atoms with Gasteiger partial charge in [-0.1, -0.05) is 0 Å². The number of carbonyl (C=O) groups excluding carboxylic acids is 1. The highest BCUT2D eigenvalue weighted by Gasteiger charge is 2.46. The fourth-order valence-electron chi connectivity index (χ4n) is 0.578. The number of ketones is 1. The van der Waals surface area contributed by atoms with E-state index in [2.05, 4.69) is 0 Å². The predicted molar refractivity (Wildman–Crippen MR) is 42.0 cm³/mol. The highest BCUT2D eigenvalue weighted by atomic mass is 32.2. The van der Waals surface area contributed by atoms with Crippen molar-refractivity contribution in [3.63, 3.8) is 0 Å². The first-order valence-electron chi connectivity index (χ1n) is 3.37. The number of aliphatic hydroxyl groups excluding tert-OH is 1. The number of hydrogen-bond acceptors (Lipinski definition) is 4. The molecule has 0 aromatic heterocycles.